The van der Waals surface area contributed by atoms with Crippen LogP contribution in [0.5, 0.6) is 0 Å². The summed E-state index contributed by atoms with van der Waals surface area (Å²) in [5.74, 6) is 1.05. The summed E-state index contributed by atoms with van der Waals surface area (Å²) in [6.45, 7) is 1.92. The van der Waals surface area contributed by atoms with E-state index in [1.807, 2.05) is 32.3 Å². The molecule has 3 rings (SSSR count). The van der Waals surface area contributed by atoms with Crippen LogP contribution in [0.15, 0.2) is 24.4 Å². The Morgan fingerprint density at radius 1 is 1.41 bits per heavy atom. The second-order valence-electron chi connectivity index (χ2n) is 4.36. The molecule has 0 atom stereocenters. The van der Waals surface area contributed by atoms with E-state index in [9.17, 15) is 4.79 Å². The maximum Gasteiger partial charge on any atom is 0.231 e. The van der Waals surface area contributed by atoms with E-state index < -0.39 is 0 Å². The smallest absolute Gasteiger partial charge is 0.231 e. The first-order chi connectivity index (χ1) is 8.15. The van der Waals surface area contributed by atoms with Crippen molar-refractivity contribution >= 4 is 11.6 Å². The zero-order valence-corrected chi connectivity index (χ0v) is 9.82. The molecule has 1 aromatic carbocycles. The molecular formula is C13H13N3O. The first kappa shape index (κ1) is 10.1. The third-order valence-electron chi connectivity index (χ3n) is 3.17. The Labute approximate surface area is 99.3 Å². The largest absolute Gasteiger partial charge is 0.342 e. The highest BCUT2D eigenvalue weighted by Crippen LogP contribution is 2.31. The van der Waals surface area contributed by atoms with Gasteiger partial charge in [-0.25, -0.2) is 4.98 Å². The number of aromatic nitrogens is 2. The first-order valence-corrected chi connectivity index (χ1v) is 5.56. The van der Waals surface area contributed by atoms with Gasteiger partial charge in [0.1, 0.15) is 5.82 Å². The zero-order valence-electron chi connectivity index (χ0n) is 9.82. The van der Waals surface area contributed by atoms with Gasteiger partial charge in [0.05, 0.1) is 18.3 Å². The van der Waals surface area contributed by atoms with Crippen LogP contribution in [0.3, 0.4) is 0 Å². The minimum Gasteiger partial charge on any atom is -0.342 e. The number of benzene rings is 1. The molecule has 4 heteroatoms. The van der Waals surface area contributed by atoms with Crippen LogP contribution in [0.2, 0.25) is 0 Å². The lowest BCUT2D eigenvalue weighted by molar-refractivity contribution is -0.117. The van der Waals surface area contributed by atoms with E-state index in [1.54, 1.807) is 4.90 Å². The molecule has 1 N–H and O–H groups in total. The Balaban J connectivity index is 2.06. The van der Waals surface area contributed by atoms with Gasteiger partial charge in [0, 0.05) is 12.7 Å². The summed E-state index contributed by atoms with van der Waals surface area (Å²) in [5, 5.41) is 0. The number of nitrogens with one attached hydrogen (secondary N) is 1. The number of anilines is 1. The number of nitrogens with zero attached hydrogens (tertiary/aromatic N) is 2. The number of amides is 1. The van der Waals surface area contributed by atoms with E-state index in [2.05, 4.69) is 16.0 Å². The molecule has 0 saturated carbocycles. The fourth-order valence-corrected chi connectivity index (χ4v) is 2.21. The van der Waals surface area contributed by atoms with Gasteiger partial charge >= 0.3 is 0 Å². The standard InChI is InChI=1S/C13H13N3O/c1-8-14-7-11(15-8)9-3-4-12-10(5-9)6-13(17)16(12)2/h3-5,7H,6H2,1-2H3,(H,14,15). The molecule has 1 aliphatic heterocycles. The molecule has 0 saturated heterocycles. The van der Waals surface area contributed by atoms with Crippen LogP contribution in [-0.4, -0.2) is 22.9 Å². The number of hydrogen-bond acceptors (Lipinski definition) is 2. The summed E-state index contributed by atoms with van der Waals surface area (Å²) in [6, 6.07) is 6.07. The van der Waals surface area contributed by atoms with Gasteiger partial charge < -0.3 is 9.88 Å². The van der Waals surface area contributed by atoms with Gasteiger partial charge in [-0.3, -0.25) is 4.79 Å². The van der Waals surface area contributed by atoms with Gasteiger partial charge in [0.15, 0.2) is 0 Å². The molecule has 1 aromatic heterocycles. The Morgan fingerprint density at radius 2 is 2.24 bits per heavy atom. The van der Waals surface area contributed by atoms with Crippen LogP contribution < -0.4 is 4.90 Å². The topological polar surface area (TPSA) is 49.0 Å². The zero-order chi connectivity index (χ0) is 12.0. The van der Waals surface area contributed by atoms with Crippen molar-refractivity contribution in [2.75, 3.05) is 11.9 Å². The fraction of sp³-hybridized carbons (Fsp3) is 0.231. The van der Waals surface area contributed by atoms with Crippen molar-refractivity contribution in [1.82, 2.24) is 9.97 Å². The monoisotopic (exact) mass is 227 g/mol. The molecule has 17 heavy (non-hydrogen) atoms. The van der Waals surface area contributed by atoms with Gasteiger partial charge in [0.2, 0.25) is 5.91 Å². The predicted molar refractivity (Wildman–Crippen MR) is 65.9 cm³/mol. The second kappa shape index (κ2) is 3.45. The predicted octanol–water partition coefficient (Wildman–Crippen LogP) is 1.90. The molecule has 0 radical (unpaired) electrons. The Kier molecular flexibility index (Phi) is 2.04. The van der Waals surface area contributed by atoms with Gasteiger partial charge in [0.25, 0.3) is 0 Å². The maximum absolute atomic E-state index is 11.6. The van der Waals surface area contributed by atoms with E-state index in [0.717, 1.165) is 28.3 Å². The van der Waals surface area contributed by atoms with Gasteiger partial charge in [-0.1, -0.05) is 6.07 Å². The van der Waals surface area contributed by atoms with Crippen molar-refractivity contribution in [2.24, 2.45) is 0 Å². The van der Waals surface area contributed by atoms with E-state index >= 15 is 0 Å². The molecule has 2 heterocycles. The molecule has 0 bridgehead atoms. The van der Waals surface area contributed by atoms with Crippen LogP contribution in [0.25, 0.3) is 11.3 Å². The number of aromatic amines is 1. The summed E-state index contributed by atoms with van der Waals surface area (Å²) in [7, 11) is 1.81. The average molecular weight is 227 g/mol. The third-order valence-corrected chi connectivity index (χ3v) is 3.17. The molecule has 0 unspecified atom stereocenters. The van der Waals surface area contributed by atoms with Crippen LogP contribution in [0.4, 0.5) is 5.69 Å². The van der Waals surface area contributed by atoms with Crippen molar-refractivity contribution in [3.63, 3.8) is 0 Å². The molecule has 0 fully saturated rings. The normalized spacial score (nSPS) is 14.2. The van der Waals surface area contributed by atoms with Crippen LogP contribution in [0.1, 0.15) is 11.4 Å². The number of fused-ring (bicyclic) bond motifs is 1. The lowest BCUT2D eigenvalue weighted by Crippen LogP contribution is -2.20. The minimum atomic E-state index is 0.151. The highest BCUT2D eigenvalue weighted by atomic mass is 16.2. The number of carbonyl (C=O) groups excluding carboxylic acids is 1. The number of H-pyrrole nitrogens is 1. The van der Waals surface area contributed by atoms with Crippen LogP contribution in [0, 0.1) is 6.92 Å². The van der Waals surface area contributed by atoms with Crippen molar-refractivity contribution in [1.29, 1.82) is 0 Å². The third kappa shape index (κ3) is 1.53. The number of carbonyl (C=O) groups is 1. The highest BCUT2D eigenvalue weighted by Gasteiger charge is 2.24. The Morgan fingerprint density at radius 3 is 2.94 bits per heavy atom. The summed E-state index contributed by atoms with van der Waals surface area (Å²) >= 11 is 0. The SMILES string of the molecule is Cc1ncc(-c2ccc3c(c2)CC(=O)N3C)[nH]1. The second-order valence-corrected chi connectivity index (χ2v) is 4.36. The number of rotatable bonds is 1. The van der Waals surface area contributed by atoms with Crippen molar-refractivity contribution in [3.8, 4) is 11.3 Å². The van der Waals surface area contributed by atoms with Crippen molar-refractivity contribution in [3.05, 3.63) is 35.8 Å². The molecule has 1 amide bonds. The molecule has 1 aliphatic rings. The van der Waals surface area contributed by atoms with Crippen LogP contribution >= 0.6 is 0 Å². The Bertz CT molecular complexity index is 600. The summed E-state index contributed by atoms with van der Waals surface area (Å²) < 4.78 is 0. The van der Waals surface area contributed by atoms with Crippen molar-refractivity contribution in [2.45, 2.75) is 13.3 Å². The van der Waals surface area contributed by atoms with E-state index in [0.29, 0.717) is 6.42 Å². The van der Waals surface area contributed by atoms with Gasteiger partial charge in [-0.05, 0) is 30.2 Å². The lowest BCUT2D eigenvalue weighted by Gasteiger charge is -2.09. The number of hydrogen-bond donors (Lipinski definition) is 1. The lowest BCUT2D eigenvalue weighted by atomic mass is 10.1. The molecule has 2 aromatic rings. The number of likely N-dealkylation sites (N-methyl/N-ethyl adjacent to an activating group) is 1. The summed E-state index contributed by atoms with van der Waals surface area (Å²) in [4.78, 5) is 20.7. The number of imidazole rings is 1. The quantitative estimate of drug-likeness (QED) is 0.809. The molecule has 0 spiro atoms. The molecule has 0 aliphatic carbocycles. The molecular weight excluding hydrogens is 214 g/mol. The van der Waals surface area contributed by atoms with E-state index in [4.69, 9.17) is 0 Å². The summed E-state index contributed by atoms with van der Waals surface area (Å²) in [6.07, 6.45) is 2.31. The summed E-state index contributed by atoms with van der Waals surface area (Å²) in [5.41, 5.74) is 4.16. The van der Waals surface area contributed by atoms with Gasteiger partial charge in [-0.15, -0.1) is 0 Å². The van der Waals surface area contributed by atoms with Crippen LogP contribution in [-0.2, 0) is 11.2 Å². The van der Waals surface area contributed by atoms with E-state index in [-0.39, 0.29) is 5.91 Å². The maximum atomic E-state index is 11.6. The highest BCUT2D eigenvalue weighted by molar-refractivity contribution is 6.01. The fourth-order valence-electron chi connectivity index (χ4n) is 2.21. The van der Waals surface area contributed by atoms with E-state index in [1.165, 1.54) is 0 Å². The molecule has 86 valence electrons. The molecule has 4 nitrogen and oxygen atoms in total. The Hall–Kier alpha value is -2.10. The van der Waals surface area contributed by atoms with Crippen molar-refractivity contribution < 1.29 is 4.79 Å². The van der Waals surface area contributed by atoms with Gasteiger partial charge in [-0.2, -0.15) is 0 Å². The average Bonchev–Trinajstić information content (AvgIpc) is 2.85. The minimum absolute atomic E-state index is 0.151. The number of aryl methyl sites for hydroxylation is 1. The first-order valence-electron chi connectivity index (χ1n) is 5.56.